The van der Waals surface area contributed by atoms with E-state index in [0.29, 0.717) is 11.1 Å². The van der Waals surface area contributed by atoms with Crippen LogP contribution in [0.15, 0.2) is 41.0 Å². The SMILES string of the molecule is CCC(=O)Oc1occc1-c1ccccc1O. The van der Waals surface area contributed by atoms with Gasteiger partial charge in [-0.2, -0.15) is 0 Å². The molecule has 17 heavy (non-hydrogen) atoms. The molecule has 0 radical (unpaired) electrons. The lowest BCUT2D eigenvalue weighted by Crippen LogP contribution is -2.05. The van der Waals surface area contributed by atoms with Gasteiger partial charge in [-0.3, -0.25) is 4.79 Å². The number of para-hydroxylation sites is 1. The van der Waals surface area contributed by atoms with Crippen molar-refractivity contribution >= 4 is 5.97 Å². The van der Waals surface area contributed by atoms with Gasteiger partial charge in [-0.05, 0) is 12.1 Å². The smallest absolute Gasteiger partial charge is 0.313 e. The minimum atomic E-state index is -0.378. The maximum atomic E-state index is 11.2. The molecule has 0 spiro atoms. The summed E-state index contributed by atoms with van der Waals surface area (Å²) in [6, 6.07) is 8.44. The zero-order valence-electron chi connectivity index (χ0n) is 9.34. The molecule has 0 atom stereocenters. The van der Waals surface area contributed by atoms with Gasteiger partial charge < -0.3 is 14.3 Å². The zero-order chi connectivity index (χ0) is 12.3. The quantitative estimate of drug-likeness (QED) is 0.826. The molecule has 1 N–H and O–H groups in total. The van der Waals surface area contributed by atoms with Crippen LogP contribution in [0.2, 0.25) is 0 Å². The highest BCUT2D eigenvalue weighted by molar-refractivity contribution is 5.78. The van der Waals surface area contributed by atoms with Crippen molar-refractivity contribution in [2.45, 2.75) is 13.3 Å². The maximum Gasteiger partial charge on any atom is 0.313 e. The zero-order valence-corrected chi connectivity index (χ0v) is 9.34. The Hall–Kier alpha value is -2.23. The standard InChI is InChI=1S/C13H12O4/c1-2-12(15)17-13-10(7-8-16-13)9-5-3-4-6-11(9)14/h3-8,14H,2H2,1H3. The summed E-state index contributed by atoms with van der Waals surface area (Å²) in [6.07, 6.45) is 1.68. The second-order valence-electron chi connectivity index (χ2n) is 3.47. The molecule has 0 unspecified atom stereocenters. The van der Waals surface area contributed by atoms with Crippen molar-refractivity contribution in [3.8, 4) is 22.8 Å². The van der Waals surface area contributed by atoms with Gasteiger partial charge in [0.05, 0.1) is 11.8 Å². The van der Waals surface area contributed by atoms with Crippen molar-refractivity contribution in [1.29, 1.82) is 0 Å². The summed E-state index contributed by atoms with van der Waals surface area (Å²) in [4.78, 5) is 11.2. The molecule has 4 nitrogen and oxygen atoms in total. The van der Waals surface area contributed by atoms with Gasteiger partial charge in [0.25, 0.3) is 5.95 Å². The molecule has 2 aromatic rings. The number of aromatic hydroxyl groups is 1. The normalized spacial score (nSPS) is 10.2. The van der Waals surface area contributed by atoms with Gasteiger partial charge in [-0.15, -0.1) is 0 Å². The molecule has 0 saturated heterocycles. The summed E-state index contributed by atoms with van der Waals surface area (Å²) in [6.45, 7) is 1.70. The summed E-state index contributed by atoms with van der Waals surface area (Å²) < 4.78 is 10.1. The van der Waals surface area contributed by atoms with Gasteiger partial charge >= 0.3 is 5.97 Å². The van der Waals surface area contributed by atoms with E-state index in [1.54, 1.807) is 37.3 Å². The highest BCUT2D eigenvalue weighted by atomic mass is 16.6. The van der Waals surface area contributed by atoms with Gasteiger partial charge in [0, 0.05) is 12.0 Å². The first-order valence-corrected chi connectivity index (χ1v) is 5.29. The van der Waals surface area contributed by atoms with Crippen LogP contribution < -0.4 is 4.74 Å². The van der Waals surface area contributed by atoms with E-state index >= 15 is 0 Å². The minimum absolute atomic E-state index is 0.110. The van der Waals surface area contributed by atoms with Crippen molar-refractivity contribution in [2.75, 3.05) is 0 Å². The van der Waals surface area contributed by atoms with Gasteiger partial charge in [0.15, 0.2) is 0 Å². The highest BCUT2D eigenvalue weighted by Crippen LogP contribution is 2.36. The van der Waals surface area contributed by atoms with Crippen molar-refractivity contribution in [1.82, 2.24) is 0 Å². The van der Waals surface area contributed by atoms with Crippen LogP contribution in [-0.4, -0.2) is 11.1 Å². The van der Waals surface area contributed by atoms with Crippen LogP contribution in [0.25, 0.3) is 11.1 Å². The van der Waals surface area contributed by atoms with Gasteiger partial charge in [0.1, 0.15) is 5.75 Å². The number of rotatable bonds is 3. The molecule has 1 aromatic heterocycles. The Morgan fingerprint density at radius 2 is 2.06 bits per heavy atom. The topological polar surface area (TPSA) is 59.7 Å². The second kappa shape index (κ2) is 4.74. The number of carbonyl (C=O) groups excluding carboxylic acids is 1. The van der Waals surface area contributed by atoms with E-state index in [9.17, 15) is 9.90 Å². The van der Waals surface area contributed by atoms with Crippen molar-refractivity contribution in [3.63, 3.8) is 0 Å². The van der Waals surface area contributed by atoms with E-state index < -0.39 is 0 Å². The Morgan fingerprint density at radius 3 is 2.76 bits per heavy atom. The molecular weight excluding hydrogens is 220 g/mol. The third-order valence-corrected chi connectivity index (χ3v) is 2.32. The van der Waals surface area contributed by atoms with Crippen molar-refractivity contribution < 1.29 is 19.1 Å². The molecule has 4 heteroatoms. The van der Waals surface area contributed by atoms with Crippen LogP contribution in [0, 0.1) is 0 Å². The number of phenolic OH excluding ortho intramolecular Hbond substituents is 1. The number of carbonyl (C=O) groups is 1. The predicted octanol–water partition coefficient (Wildman–Crippen LogP) is 2.97. The molecule has 0 aliphatic rings. The number of furan rings is 1. The number of benzene rings is 1. The third kappa shape index (κ3) is 2.30. The van der Waals surface area contributed by atoms with Crippen molar-refractivity contribution in [2.24, 2.45) is 0 Å². The predicted molar refractivity (Wildman–Crippen MR) is 61.7 cm³/mol. The van der Waals surface area contributed by atoms with Crippen LogP contribution in [0.3, 0.4) is 0 Å². The number of phenols is 1. The molecule has 1 heterocycles. The number of ether oxygens (including phenoxy) is 1. The van der Waals surface area contributed by atoms with E-state index in [0.717, 1.165) is 0 Å². The first-order valence-electron chi connectivity index (χ1n) is 5.29. The summed E-state index contributed by atoms with van der Waals surface area (Å²) in [5.74, 6) is -0.155. The second-order valence-corrected chi connectivity index (χ2v) is 3.47. The summed E-state index contributed by atoms with van der Waals surface area (Å²) in [5, 5.41) is 9.72. The van der Waals surface area contributed by atoms with E-state index in [4.69, 9.17) is 9.15 Å². The first-order chi connectivity index (χ1) is 8.22. The van der Waals surface area contributed by atoms with Crippen LogP contribution in [0.4, 0.5) is 0 Å². The molecule has 0 saturated carbocycles. The van der Waals surface area contributed by atoms with E-state index in [2.05, 4.69) is 0 Å². The third-order valence-electron chi connectivity index (χ3n) is 2.32. The average Bonchev–Trinajstić information content (AvgIpc) is 2.77. The molecule has 0 bridgehead atoms. The van der Waals surface area contributed by atoms with E-state index in [-0.39, 0.29) is 24.1 Å². The molecule has 2 rings (SSSR count). The Balaban J connectivity index is 2.37. The lowest BCUT2D eigenvalue weighted by molar-refractivity contribution is -0.135. The molecule has 0 aliphatic heterocycles. The van der Waals surface area contributed by atoms with Crippen molar-refractivity contribution in [3.05, 3.63) is 36.6 Å². The fourth-order valence-electron chi connectivity index (χ4n) is 1.45. The summed E-state index contributed by atoms with van der Waals surface area (Å²) in [5.41, 5.74) is 1.13. The average molecular weight is 232 g/mol. The first kappa shape index (κ1) is 11.3. The van der Waals surface area contributed by atoms with Crippen LogP contribution >= 0.6 is 0 Å². The number of esters is 1. The van der Waals surface area contributed by atoms with E-state index in [1.807, 2.05) is 0 Å². The van der Waals surface area contributed by atoms with Gasteiger partial charge in [0.2, 0.25) is 0 Å². The molecule has 0 aliphatic carbocycles. The number of hydrogen-bond donors (Lipinski definition) is 1. The van der Waals surface area contributed by atoms with E-state index in [1.165, 1.54) is 6.26 Å². The molecule has 88 valence electrons. The van der Waals surface area contributed by atoms with Crippen LogP contribution in [-0.2, 0) is 4.79 Å². The Morgan fingerprint density at radius 1 is 1.29 bits per heavy atom. The van der Waals surface area contributed by atoms with Gasteiger partial charge in [-0.1, -0.05) is 25.1 Å². The van der Waals surface area contributed by atoms with Gasteiger partial charge in [-0.25, -0.2) is 0 Å². The largest absolute Gasteiger partial charge is 0.507 e. The molecular formula is C13H12O4. The summed E-state index contributed by atoms with van der Waals surface area (Å²) in [7, 11) is 0. The lowest BCUT2D eigenvalue weighted by Gasteiger charge is -2.04. The fraction of sp³-hybridized carbons (Fsp3) is 0.154. The monoisotopic (exact) mass is 232 g/mol. The highest BCUT2D eigenvalue weighted by Gasteiger charge is 2.15. The lowest BCUT2D eigenvalue weighted by atomic mass is 10.1. The molecule has 1 aromatic carbocycles. The van der Waals surface area contributed by atoms with Crippen LogP contribution in [0.1, 0.15) is 13.3 Å². The van der Waals surface area contributed by atoms with Crippen LogP contribution in [0.5, 0.6) is 11.7 Å². The minimum Gasteiger partial charge on any atom is -0.507 e. The maximum absolute atomic E-state index is 11.2. The summed E-state index contributed by atoms with van der Waals surface area (Å²) >= 11 is 0. The molecule has 0 amide bonds. The Kier molecular flexibility index (Phi) is 3.14. The number of hydrogen-bond acceptors (Lipinski definition) is 4. The molecule has 0 fully saturated rings. The Bertz CT molecular complexity index is 528. The Labute approximate surface area is 98.4 Å². The fourth-order valence-corrected chi connectivity index (χ4v) is 1.45.